The molecule has 2 aliphatic heterocycles. The first-order chi connectivity index (χ1) is 11.3. The summed E-state index contributed by atoms with van der Waals surface area (Å²) in [6.45, 7) is 1.46. The van der Waals surface area contributed by atoms with Crippen molar-refractivity contribution in [2.45, 2.75) is 18.4 Å². The quantitative estimate of drug-likeness (QED) is 0.458. The summed E-state index contributed by atoms with van der Waals surface area (Å²) < 4.78 is 5.48. The molecule has 2 aliphatic rings. The number of β-lactam (4-membered cyclic amide) rings is 1. The Morgan fingerprint density at radius 1 is 1.50 bits per heavy atom. The average molecular weight is 352 g/mol. The first-order valence-corrected chi connectivity index (χ1v) is 7.77. The molecule has 10 heteroatoms. The Balaban J connectivity index is 1.90. The van der Waals surface area contributed by atoms with E-state index in [-0.39, 0.29) is 22.2 Å². The lowest BCUT2D eigenvalue weighted by Gasteiger charge is -2.43. The normalized spacial score (nSPS) is 23.6. The highest BCUT2D eigenvalue weighted by Gasteiger charge is 2.58. The van der Waals surface area contributed by atoms with E-state index in [1.165, 1.54) is 25.1 Å². The summed E-state index contributed by atoms with van der Waals surface area (Å²) in [5, 5.41) is 29.2. The van der Waals surface area contributed by atoms with E-state index in [2.05, 4.69) is 0 Å². The fourth-order valence-electron chi connectivity index (χ4n) is 2.59. The van der Waals surface area contributed by atoms with Gasteiger partial charge in [-0.2, -0.15) is 0 Å². The molecule has 1 amide bonds. The number of amides is 1. The number of hydrogen-bond donors (Lipinski definition) is 2. The largest absolute Gasteiger partial charge is 0.476 e. The maximum absolute atomic E-state index is 12.1. The molecular formula is C14H12N2O7S. The van der Waals surface area contributed by atoms with Crippen LogP contribution in [0.25, 0.3) is 0 Å². The molecule has 3 rings (SSSR count). The number of aliphatic carboxylic acids is 1. The first-order valence-electron chi connectivity index (χ1n) is 6.89. The third kappa shape index (κ3) is 2.49. The van der Waals surface area contributed by atoms with Crippen molar-refractivity contribution >= 4 is 29.3 Å². The van der Waals surface area contributed by atoms with Gasteiger partial charge in [0.15, 0.2) is 10.8 Å². The minimum atomic E-state index is -1.34. The second kappa shape index (κ2) is 5.80. The van der Waals surface area contributed by atoms with E-state index in [1.807, 2.05) is 0 Å². The van der Waals surface area contributed by atoms with Crippen LogP contribution in [0.15, 0.2) is 35.1 Å². The smallest absolute Gasteiger partial charge is 0.357 e. The number of thioether (sulfide) groups is 1. The van der Waals surface area contributed by atoms with Crippen LogP contribution in [0.4, 0.5) is 5.69 Å². The van der Waals surface area contributed by atoms with E-state index >= 15 is 0 Å². The molecule has 1 aromatic carbocycles. The predicted octanol–water partition coefficient (Wildman–Crippen LogP) is 1.14. The van der Waals surface area contributed by atoms with E-state index in [0.29, 0.717) is 0 Å². The zero-order chi connectivity index (χ0) is 17.6. The summed E-state index contributed by atoms with van der Waals surface area (Å²) in [6.07, 6.45) is -0.918. The minimum absolute atomic E-state index is 0.0375. The lowest BCUT2D eigenvalue weighted by Crippen LogP contribution is -2.60. The Bertz CT molecular complexity index is 776. The van der Waals surface area contributed by atoms with Crippen molar-refractivity contribution < 1.29 is 29.5 Å². The van der Waals surface area contributed by atoms with Crippen molar-refractivity contribution in [1.82, 2.24) is 4.90 Å². The molecule has 24 heavy (non-hydrogen) atoms. The molecule has 0 bridgehead atoms. The van der Waals surface area contributed by atoms with Crippen LogP contribution in [-0.4, -0.2) is 43.4 Å². The highest BCUT2D eigenvalue weighted by atomic mass is 32.2. The Hall–Kier alpha value is -2.59. The first kappa shape index (κ1) is 16.3. The number of aliphatic hydroxyl groups excluding tert-OH is 1. The fraction of sp³-hybridized carbons (Fsp3) is 0.286. The number of aliphatic hydroxyl groups is 1. The molecule has 9 nitrogen and oxygen atoms in total. The van der Waals surface area contributed by atoms with Gasteiger partial charge in [0.1, 0.15) is 11.1 Å². The van der Waals surface area contributed by atoms with Crippen LogP contribution in [0.2, 0.25) is 0 Å². The van der Waals surface area contributed by atoms with Crippen molar-refractivity contribution in [3.63, 3.8) is 0 Å². The molecule has 1 unspecified atom stereocenters. The number of nitrogens with zero attached hydrogens (tertiary/aromatic N) is 2. The molecule has 0 radical (unpaired) electrons. The number of nitro benzene ring substituents is 1. The van der Waals surface area contributed by atoms with E-state index in [1.54, 1.807) is 0 Å². The molecule has 1 fully saturated rings. The number of carbonyl (C=O) groups is 2. The molecule has 2 N–H and O–H groups in total. The number of carboxylic acid groups (broad SMARTS) is 1. The second-order valence-electron chi connectivity index (χ2n) is 5.28. The van der Waals surface area contributed by atoms with Crippen molar-refractivity contribution in [3.8, 4) is 5.75 Å². The SMILES string of the molecule is C[C@@H](O)[C@H]1C(=O)N2C(C(=O)O)=C(Oc3cccc([N+](=O)[O-])c3)SC12. The van der Waals surface area contributed by atoms with Crippen LogP contribution < -0.4 is 4.74 Å². The number of rotatable bonds is 5. The fourth-order valence-corrected chi connectivity index (χ4v) is 4.05. The van der Waals surface area contributed by atoms with E-state index in [4.69, 9.17) is 4.74 Å². The van der Waals surface area contributed by atoms with Gasteiger partial charge in [-0.25, -0.2) is 4.79 Å². The van der Waals surface area contributed by atoms with Gasteiger partial charge < -0.3 is 14.9 Å². The van der Waals surface area contributed by atoms with Gasteiger partial charge in [0.05, 0.1) is 23.0 Å². The maximum atomic E-state index is 12.1. The Kier molecular flexibility index (Phi) is 3.93. The zero-order valence-electron chi connectivity index (χ0n) is 12.3. The van der Waals surface area contributed by atoms with Crippen molar-refractivity contribution in [2.75, 3.05) is 0 Å². The van der Waals surface area contributed by atoms with Gasteiger partial charge in [-0.15, -0.1) is 0 Å². The Morgan fingerprint density at radius 3 is 2.79 bits per heavy atom. The number of hydrogen-bond acceptors (Lipinski definition) is 7. The van der Waals surface area contributed by atoms with Crippen LogP contribution in [0.3, 0.4) is 0 Å². The molecule has 0 aliphatic carbocycles. The van der Waals surface area contributed by atoms with Gasteiger partial charge in [0, 0.05) is 6.07 Å². The highest BCUT2D eigenvalue weighted by molar-refractivity contribution is 8.03. The number of nitro groups is 1. The summed E-state index contributed by atoms with van der Waals surface area (Å²) in [4.78, 5) is 34.8. The molecule has 0 aromatic heterocycles. The summed E-state index contributed by atoms with van der Waals surface area (Å²) in [6, 6.07) is 5.30. The molecule has 2 heterocycles. The molecule has 0 spiro atoms. The maximum Gasteiger partial charge on any atom is 0.357 e. The molecule has 1 aromatic rings. The number of benzene rings is 1. The summed E-state index contributed by atoms with van der Waals surface area (Å²) >= 11 is 0.998. The number of carboxylic acids is 1. The van der Waals surface area contributed by atoms with Crippen molar-refractivity contribution in [2.24, 2.45) is 5.92 Å². The van der Waals surface area contributed by atoms with E-state index in [9.17, 15) is 29.9 Å². The number of fused-ring (bicyclic) bond motifs is 1. The van der Waals surface area contributed by atoms with Crippen LogP contribution in [0.5, 0.6) is 5.75 Å². The Labute approximate surface area is 139 Å². The standard InChI is InChI=1S/C14H12N2O7S/c1-6(17)9-11(18)15-10(13(19)20)14(24-12(9)15)23-8-4-2-3-7(5-8)16(21)22/h2-6,9,12,17H,1H3,(H,19,20)/t6-,9+,12?/m1/s1. The van der Waals surface area contributed by atoms with Crippen LogP contribution in [0.1, 0.15) is 6.92 Å². The minimum Gasteiger partial charge on any atom is -0.476 e. The van der Waals surface area contributed by atoms with E-state index < -0.39 is 34.2 Å². The number of ether oxygens (including phenoxy) is 1. The predicted molar refractivity (Wildman–Crippen MR) is 81.8 cm³/mol. The lowest BCUT2D eigenvalue weighted by molar-refractivity contribution is -0.384. The zero-order valence-corrected chi connectivity index (χ0v) is 13.1. The van der Waals surface area contributed by atoms with Gasteiger partial charge in [0.2, 0.25) is 5.91 Å². The summed E-state index contributed by atoms with van der Waals surface area (Å²) in [5.74, 6) is -2.45. The van der Waals surface area contributed by atoms with Gasteiger partial charge >= 0.3 is 5.97 Å². The molecule has 126 valence electrons. The molecule has 3 atom stereocenters. The monoisotopic (exact) mass is 352 g/mol. The average Bonchev–Trinajstić information content (AvgIpc) is 2.81. The lowest BCUT2D eigenvalue weighted by atomic mass is 9.92. The van der Waals surface area contributed by atoms with E-state index in [0.717, 1.165) is 22.7 Å². The highest BCUT2D eigenvalue weighted by Crippen LogP contribution is 2.50. The number of carbonyl (C=O) groups excluding carboxylic acids is 1. The van der Waals surface area contributed by atoms with Gasteiger partial charge in [-0.05, 0) is 13.0 Å². The van der Waals surface area contributed by atoms with Crippen molar-refractivity contribution in [1.29, 1.82) is 0 Å². The Morgan fingerprint density at radius 2 is 2.21 bits per heavy atom. The third-order valence-corrected chi connectivity index (χ3v) is 4.94. The summed E-state index contributed by atoms with van der Waals surface area (Å²) in [7, 11) is 0. The summed E-state index contributed by atoms with van der Waals surface area (Å²) in [5.41, 5.74) is -0.521. The van der Waals surface area contributed by atoms with Gasteiger partial charge in [0.25, 0.3) is 5.69 Å². The van der Waals surface area contributed by atoms with Gasteiger partial charge in [-0.1, -0.05) is 17.8 Å². The second-order valence-corrected chi connectivity index (χ2v) is 6.37. The number of non-ortho nitro benzene ring substituents is 1. The van der Waals surface area contributed by atoms with Crippen LogP contribution in [0, 0.1) is 16.0 Å². The molecular weight excluding hydrogens is 340 g/mol. The van der Waals surface area contributed by atoms with Crippen molar-refractivity contribution in [3.05, 3.63) is 45.2 Å². The van der Waals surface area contributed by atoms with Crippen LogP contribution >= 0.6 is 11.8 Å². The molecule has 0 saturated carbocycles. The third-order valence-electron chi connectivity index (χ3n) is 3.71. The topological polar surface area (TPSA) is 130 Å². The van der Waals surface area contributed by atoms with Crippen LogP contribution in [-0.2, 0) is 9.59 Å². The molecule has 1 saturated heterocycles. The van der Waals surface area contributed by atoms with Gasteiger partial charge in [-0.3, -0.25) is 19.8 Å².